The van der Waals surface area contributed by atoms with Crippen LogP contribution in [0.2, 0.25) is 0 Å². The van der Waals surface area contributed by atoms with E-state index in [1.165, 1.54) is 43.4 Å². The number of hydrogen-bond donors (Lipinski definition) is 0. The maximum Gasteiger partial charge on any atom is 0.136 e. The summed E-state index contributed by atoms with van der Waals surface area (Å²) in [7, 11) is 0. The van der Waals surface area contributed by atoms with Gasteiger partial charge < -0.3 is 9.32 Å². The first-order valence-electron chi connectivity index (χ1n) is 15.0. The molecule has 44 heavy (non-hydrogen) atoms. The minimum atomic E-state index is 0.892. The van der Waals surface area contributed by atoms with E-state index >= 15 is 0 Å². The normalized spacial score (nSPS) is 11.6. The Hall–Kier alpha value is -5.86. The Balaban J connectivity index is 1.22. The fourth-order valence-corrected chi connectivity index (χ4v) is 6.59. The average Bonchev–Trinajstić information content (AvgIpc) is 3.44. The van der Waals surface area contributed by atoms with Crippen molar-refractivity contribution in [2.24, 2.45) is 0 Å². The Kier molecular flexibility index (Phi) is 5.54. The molecular formula is C42H27NO. The lowest BCUT2D eigenvalue weighted by Crippen LogP contribution is -2.10. The van der Waals surface area contributed by atoms with Crippen LogP contribution < -0.4 is 4.90 Å². The van der Waals surface area contributed by atoms with Gasteiger partial charge in [-0.15, -0.1) is 0 Å². The molecule has 9 rings (SSSR count). The van der Waals surface area contributed by atoms with E-state index in [-0.39, 0.29) is 0 Å². The van der Waals surface area contributed by atoms with Gasteiger partial charge in [0.15, 0.2) is 0 Å². The Labute approximate surface area is 255 Å². The molecule has 0 fully saturated rings. The zero-order valence-corrected chi connectivity index (χ0v) is 23.9. The molecule has 8 aromatic carbocycles. The van der Waals surface area contributed by atoms with Crippen molar-refractivity contribution in [1.82, 2.24) is 0 Å². The quantitative estimate of drug-likeness (QED) is 0.212. The zero-order valence-electron chi connectivity index (χ0n) is 23.9. The summed E-state index contributed by atoms with van der Waals surface area (Å²) in [6, 6.07) is 58.7. The Morgan fingerprint density at radius 2 is 0.955 bits per heavy atom. The predicted molar refractivity (Wildman–Crippen MR) is 186 cm³/mol. The average molecular weight is 562 g/mol. The van der Waals surface area contributed by atoms with E-state index in [1.807, 2.05) is 0 Å². The van der Waals surface area contributed by atoms with Crippen molar-refractivity contribution in [3.05, 3.63) is 164 Å². The van der Waals surface area contributed by atoms with Crippen LogP contribution in [0.5, 0.6) is 0 Å². The summed E-state index contributed by atoms with van der Waals surface area (Å²) in [6.07, 6.45) is 0. The second-order valence-electron chi connectivity index (χ2n) is 11.4. The van der Waals surface area contributed by atoms with E-state index in [9.17, 15) is 0 Å². The highest BCUT2D eigenvalue weighted by Gasteiger charge is 2.18. The highest BCUT2D eigenvalue weighted by Crippen LogP contribution is 2.42. The molecule has 0 atom stereocenters. The molecule has 1 heterocycles. The van der Waals surface area contributed by atoms with Crippen LogP contribution in [0.3, 0.4) is 0 Å². The molecule has 0 N–H and O–H groups in total. The number of benzene rings is 8. The van der Waals surface area contributed by atoms with Gasteiger partial charge >= 0.3 is 0 Å². The highest BCUT2D eigenvalue weighted by molar-refractivity contribution is 6.11. The van der Waals surface area contributed by atoms with Crippen molar-refractivity contribution in [3.63, 3.8) is 0 Å². The highest BCUT2D eigenvalue weighted by atomic mass is 16.3. The Morgan fingerprint density at radius 3 is 1.77 bits per heavy atom. The van der Waals surface area contributed by atoms with E-state index in [1.54, 1.807) is 0 Å². The Morgan fingerprint density at radius 1 is 0.341 bits per heavy atom. The van der Waals surface area contributed by atoms with Gasteiger partial charge in [-0.05, 0) is 92.7 Å². The molecule has 0 spiro atoms. The topological polar surface area (TPSA) is 16.4 Å². The van der Waals surface area contributed by atoms with Crippen LogP contribution in [0.4, 0.5) is 17.1 Å². The van der Waals surface area contributed by atoms with Gasteiger partial charge in [0, 0.05) is 27.5 Å². The monoisotopic (exact) mass is 561 g/mol. The number of nitrogens with zero attached hydrogens (tertiary/aromatic N) is 1. The molecule has 0 saturated heterocycles. The molecule has 0 bridgehead atoms. The van der Waals surface area contributed by atoms with Crippen molar-refractivity contribution < 1.29 is 4.42 Å². The number of hydrogen-bond acceptors (Lipinski definition) is 2. The first kappa shape index (κ1) is 24.7. The van der Waals surface area contributed by atoms with Gasteiger partial charge in [-0.2, -0.15) is 0 Å². The maximum atomic E-state index is 6.35. The van der Waals surface area contributed by atoms with Gasteiger partial charge in [0.1, 0.15) is 11.2 Å². The van der Waals surface area contributed by atoms with E-state index in [2.05, 4.69) is 169 Å². The van der Waals surface area contributed by atoms with Gasteiger partial charge in [0.05, 0.1) is 5.69 Å². The van der Waals surface area contributed by atoms with Crippen molar-refractivity contribution >= 4 is 71.3 Å². The summed E-state index contributed by atoms with van der Waals surface area (Å²) in [5.41, 5.74) is 7.53. The van der Waals surface area contributed by atoms with Gasteiger partial charge in [-0.1, -0.05) is 109 Å². The number of fused-ring (bicyclic) bond motifs is 6. The lowest BCUT2D eigenvalue weighted by Gasteiger charge is -2.27. The van der Waals surface area contributed by atoms with Crippen LogP contribution in [0, 0.1) is 0 Å². The summed E-state index contributed by atoms with van der Waals surface area (Å²) >= 11 is 0. The number of furan rings is 1. The first-order chi connectivity index (χ1) is 21.8. The van der Waals surface area contributed by atoms with Gasteiger partial charge in [-0.25, -0.2) is 0 Å². The van der Waals surface area contributed by atoms with Crippen molar-refractivity contribution in [1.29, 1.82) is 0 Å². The van der Waals surface area contributed by atoms with Crippen LogP contribution in [0.1, 0.15) is 0 Å². The third-order valence-electron chi connectivity index (χ3n) is 8.80. The van der Waals surface area contributed by atoms with Gasteiger partial charge in [0.25, 0.3) is 0 Å². The van der Waals surface area contributed by atoms with Crippen LogP contribution >= 0.6 is 0 Å². The Bertz CT molecular complexity index is 2500. The van der Waals surface area contributed by atoms with Crippen LogP contribution in [0.25, 0.3) is 65.4 Å². The molecule has 0 aliphatic heterocycles. The third kappa shape index (κ3) is 4.04. The van der Waals surface area contributed by atoms with E-state index in [0.29, 0.717) is 0 Å². The lowest BCUT2D eigenvalue weighted by molar-refractivity contribution is 0.669. The maximum absolute atomic E-state index is 6.35. The van der Waals surface area contributed by atoms with Crippen LogP contribution in [-0.4, -0.2) is 0 Å². The summed E-state index contributed by atoms with van der Waals surface area (Å²) < 4.78 is 6.35. The smallest absolute Gasteiger partial charge is 0.136 e. The SMILES string of the molecule is c1ccc2cc(-c3ccc(N(c4ccc5oc6cc7ccccc7cc6c5c4)c4cccc5ccccc45)cc3)ccc2c1. The van der Waals surface area contributed by atoms with Crippen molar-refractivity contribution in [2.75, 3.05) is 4.90 Å². The largest absolute Gasteiger partial charge is 0.456 e. The molecule has 206 valence electrons. The second-order valence-corrected chi connectivity index (χ2v) is 11.4. The molecule has 1 aromatic heterocycles. The van der Waals surface area contributed by atoms with Crippen LogP contribution in [0.15, 0.2) is 168 Å². The standard InChI is InChI=1S/C42H27NO/c1-2-10-31-24-34(17-16-28(31)8-1)29-18-20-35(21-19-29)43(40-15-7-13-30-9-5-6-14-37(30)40)36-22-23-41-39(27-36)38-25-32-11-3-4-12-33(32)26-42(38)44-41/h1-27H. The summed E-state index contributed by atoms with van der Waals surface area (Å²) in [5, 5.41) is 9.56. The van der Waals surface area contributed by atoms with Gasteiger partial charge in [-0.3, -0.25) is 0 Å². The van der Waals surface area contributed by atoms with E-state index in [0.717, 1.165) is 39.0 Å². The molecule has 0 unspecified atom stereocenters. The molecule has 9 aromatic rings. The molecule has 0 saturated carbocycles. The fourth-order valence-electron chi connectivity index (χ4n) is 6.59. The summed E-state index contributed by atoms with van der Waals surface area (Å²) in [4.78, 5) is 2.37. The van der Waals surface area contributed by atoms with E-state index in [4.69, 9.17) is 4.42 Å². The molecule has 0 aliphatic carbocycles. The molecule has 2 heteroatoms. The molecule has 0 amide bonds. The minimum Gasteiger partial charge on any atom is -0.456 e. The molecular weight excluding hydrogens is 534 g/mol. The molecule has 0 radical (unpaired) electrons. The number of anilines is 3. The summed E-state index contributed by atoms with van der Waals surface area (Å²) in [5.74, 6) is 0. The zero-order chi connectivity index (χ0) is 29.0. The summed E-state index contributed by atoms with van der Waals surface area (Å²) in [6.45, 7) is 0. The van der Waals surface area contributed by atoms with Crippen LogP contribution in [-0.2, 0) is 0 Å². The lowest BCUT2D eigenvalue weighted by atomic mass is 10.0. The molecule has 2 nitrogen and oxygen atoms in total. The van der Waals surface area contributed by atoms with E-state index < -0.39 is 0 Å². The third-order valence-corrected chi connectivity index (χ3v) is 8.80. The first-order valence-corrected chi connectivity index (χ1v) is 15.0. The predicted octanol–water partition coefficient (Wildman–Crippen LogP) is 12.2. The number of rotatable bonds is 4. The fraction of sp³-hybridized carbons (Fsp3) is 0. The van der Waals surface area contributed by atoms with Crippen molar-refractivity contribution in [3.8, 4) is 11.1 Å². The molecule has 0 aliphatic rings. The van der Waals surface area contributed by atoms with Gasteiger partial charge in [0.2, 0.25) is 0 Å². The minimum absolute atomic E-state index is 0.892. The van der Waals surface area contributed by atoms with Crippen molar-refractivity contribution in [2.45, 2.75) is 0 Å². The second kappa shape index (κ2) is 9.86.